The van der Waals surface area contributed by atoms with E-state index in [0.717, 1.165) is 0 Å². The fourth-order valence-corrected chi connectivity index (χ4v) is 7.03. The first-order valence-electron chi connectivity index (χ1n) is 15.4. The maximum absolute atomic E-state index is 14.4. The summed E-state index contributed by atoms with van der Waals surface area (Å²) in [6.45, 7) is 4.33. The van der Waals surface area contributed by atoms with Crippen molar-refractivity contribution in [1.82, 2.24) is 15.5 Å². The summed E-state index contributed by atoms with van der Waals surface area (Å²) in [4.78, 5) is 46.4. The van der Waals surface area contributed by atoms with Crippen molar-refractivity contribution in [1.29, 1.82) is 0 Å². The molecule has 3 rings (SSSR count). The standard InChI is InChI=1S/C29H45BrN6O9S/c1-3-16(2)25(35-27(40)24(38)13-17-6-9-23(37)20(30)12-17)28(41)36-21-15-19(45-46(42,43)44)8-7-18(21)14-22(36)26(39)33-10-4-5-11-34-29(31)32/h6,9,12,16,18-19,21-22,24-25,37-38H,3-5,7-8,10-11,13-15H2,1-2H3,(H,33,39)(H,35,40)(H4,31,32,34)(H,42,43,44)/t16-,18+,19-,21?,22+,24-,25-/m1/s1. The molecule has 15 nitrogen and oxygen atoms in total. The minimum atomic E-state index is -4.74. The van der Waals surface area contributed by atoms with Gasteiger partial charge in [-0.1, -0.05) is 26.3 Å². The maximum atomic E-state index is 14.4. The van der Waals surface area contributed by atoms with Gasteiger partial charge in [-0.25, -0.2) is 4.18 Å². The molecule has 3 amide bonds. The number of amides is 3. The minimum Gasteiger partial charge on any atom is -0.507 e. The second kappa shape index (κ2) is 16.7. The van der Waals surface area contributed by atoms with Crippen molar-refractivity contribution < 1.29 is 41.8 Å². The average molecular weight is 734 g/mol. The van der Waals surface area contributed by atoms with Gasteiger partial charge >= 0.3 is 10.4 Å². The zero-order valence-corrected chi connectivity index (χ0v) is 28.4. The highest BCUT2D eigenvalue weighted by Crippen LogP contribution is 2.42. The molecule has 258 valence electrons. The molecule has 1 saturated heterocycles. The van der Waals surface area contributed by atoms with Crippen LogP contribution in [0.1, 0.15) is 64.4 Å². The number of nitrogens with zero attached hydrogens (tertiary/aromatic N) is 2. The zero-order chi connectivity index (χ0) is 34.2. The Morgan fingerprint density at radius 2 is 1.91 bits per heavy atom. The van der Waals surface area contributed by atoms with E-state index in [4.69, 9.17) is 15.7 Å². The predicted octanol–water partition coefficient (Wildman–Crippen LogP) is 0.716. The number of guanidine groups is 1. The van der Waals surface area contributed by atoms with Gasteiger partial charge in [0.2, 0.25) is 17.7 Å². The summed E-state index contributed by atoms with van der Waals surface area (Å²) < 4.78 is 37.5. The minimum absolute atomic E-state index is 0.00511. The van der Waals surface area contributed by atoms with Crippen molar-refractivity contribution in [3.05, 3.63) is 28.2 Å². The van der Waals surface area contributed by atoms with Crippen molar-refractivity contribution in [2.75, 3.05) is 13.1 Å². The van der Waals surface area contributed by atoms with Crippen LogP contribution in [0.5, 0.6) is 5.75 Å². The van der Waals surface area contributed by atoms with E-state index >= 15 is 0 Å². The van der Waals surface area contributed by atoms with E-state index in [1.165, 1.54) is 11.0 Å². The van der Waals surface area contributed by atoms with Crippen LogP contribution >= 0.6 is 15.9 Å². The van der Waals surface area contributed by atoms with Crippen molar-refractivity contribution in [2.24, 2.45) is 28.3 Å². The number of fused-ring (bicyclic) bond motifs is 1. The number of rotatable bonds is 15. The highest BCUT2D eigenvalue weighted by Gasteiger charge is 2.51. The molecule has 1 saturated carbocycles. The van der Waals surface area contributed by atoms with E-state index in [2.05, 4.69) is 31.6 Å². The van der Waals surface area contributed by atoms with E-state index in [-0.39, 0.29) is 36.4 Å². The molecule has 17 heteroatoms. The van der Waals surface area contributed by atoms with Crippen LogP contribution in [0.4, 0.5) is 0 Å². The molecule has 9 N–H and O–H groups in total. The lowest BCUT2D eigenvalue weighted by Crippen LogP contribution is -2.59. The number of benzene rings is 1. The Morgan fingerprint density at radius 1 is 1.20 bits per heavy atom. The molecule has 0 radical (unpaired) electrons. The van der Waals surface area contributed by atoms with Crippen LogP contribution in [0.15, 0.2) is 27.7 Å². The lowest BCUT2D eigenvalue weighted by molar-refractivity contribution is -0.146. The Balaban J connectivity index is 1.82. The van der Waals surface area contributed by atoms with Gasteiger partial charge in [-0.2, -0.15) is 8.42 Å². The number of aliphatic hydroxyl groups is 1. The summed E-state index contributed by atoms with van der Waals surface area (Å²) in [7, 11) is -4.74. The number of nitrogens with one attached hydrogen (secondary N) is 2. The molecule has 0 aromatic heterocycles. The smallest absolute Gasteiger partial charge is 0.397 e. The summed E-state index contributed by atoms with van der Waals surface area (Å²) in [6, 6.07) is 1.98. The highest BCUT2D eigenvalue weighted by atomic mass is 79.9. The van der Waals surface area contributed by atoms with Crippen molar-refractivity contribution >= 4 is 50.0 Å². The molecular weight excluding hydrogens is 688 g/mol. The van der Waals surface area contributed by atoms with Gasteiger partial charge in [-0.15, -0.1) is 0 Å². The van der Waals surface area contributed by atoms with Crippen molar-refractivity contribution in [3.8, 4) is 5.75 Å². The summed E-state index contributed by atoms with van der Waals surface area (Å²) in [5.41, 5.74) is 11.3. The number of aliphatic hydroxyl groups excluding tert-OH is 1. The van der Waals surface area contributed by atoms with Gasteiger partial charge in [0.15, 0.2) is 5.96 Å². The molecule has 0 spiro atoms. The second-order valence-electron chi connectivity index (χ2n) is 12.0. The number of aliphatic imine (C=N–C) groups is 1. The normalized spacial score (nSPS) is 23.1. The Labute approximate surface area is 277 Å². The Bertz CT molecular complexity index is 1380. The van der Waals surface area contributed by atoms with E-state index in [9.17, 15) is 37.6 Å². The largest absolute Gasteiger partial charge is 0.507 e. The number of halogens is 1. The predicted molar refractivity (Wildman–Crippen MR) is 173 cm³/mol. The van der Waals surface area contributed by atoms with Crippen LogP contribution in [-0.2, 0) is 35.4 Å². The number of aromatic hydroxyl groups is 1. The van der Waals surface area contributed by atoms with Crippen LogP contribution in [0, 0.1) is 11.8 Å². The number of hydrogen-bond acceptors (Lipinski definition) is 9. The first-order chi connectivity index (χ1) is 21.6. The Kier molecular flexibility index (Phi) is 13.6. The molecule has 1 aliphatic carbocycles. The molecule has 1 aromatic carbocycles. The van der Waals surface area contributed by atoms with Crippen molar-refractivity contribution in [3.63, 3.8) is 0 Å². The third-order valence-electron chi connectivity index (χ3n) is 8.64. The zero-order valence-electron chi connectivity index (χ0n) is 26.0. The second-order valence-corrected chi connectivity index (χ2v) is 13.9. The molecule has 0 bridgehead atoms. The SMILES string of the molecule is CC[C@@H](C)[C@@H](NC(=O)[C@H](O)Cc1ccc(O)c(Br)c1)C(=O)N1C2C[C@H](OS(=O)(=O)O)CC[C@H]2C[C@H]1C(=O)NCCCCN=C(N)N. The molecule has 1 aliphatic heterocycles. The van der Waals surface area contributed by atoms with Crippen molar-refractivity contribution in [2.45, 2.75) is 95.5 Å². The number of hydrogen-bond donors (Lipinski definition) is 7. The highest BCUT2D eigenvalue weighted by molar-refractivity contribution is 9.10. The fraction of sp³-hybridized carbons (Fsp3) is 0.655. The molecule has 1 unspecified atom stereocenters. The maximum Gasteiger partial charge on any atom is 0.397 e. The van der Waals surface area contributed by atoms with Gasteiger partial charge < -0.3 is 37.2 Å². The molecular formula is C29H45BrN6O9S. The summed E-state index contributed by atoms with van der Waals surface area (Å²) in [5.74, 6) is -2.25. The lowest BCUT2D eigenvalue weighted by atomic mass is 9.83. The van der Waals surface area contributed by atoms with Gasteiger partial charge in [0.25, 0.3) is 0 Å². The molecule has 1 aromatic rings. The average Bonchev–Trinajstić information content (AvgIpc) is 3.36. The Morgan fingerprint density at radius 3 is 2.54 bits per heavy atom. The fourth-order valence-electron chi connectivity index (χ4n) is 6.09. The van der Waals surface area contributed by atoms with Gasteiger partial charge in [0, 0.05) is 25.6 Å². The van der Waals surface area contributed by atoms with E-state index in [0.29, 0.717) is 61.7 Å². The molecule has 2 aliphatic rings. The topological polar surface area (TPSA) is 247 Å². The number of phenols is 1. The number of nitrogens with two attached hydrogens (primary N) is 2. The van der Waals surface area contributed by atoms with Crippen LogP contribution in [-0.4, -0.2) is 95.2 Å². The van der Waals surface area contributed by atoms with E-state index < -0.39 is 58.5 Å². The van der Waals surface area contributed by atoms with Crippen LogP contribution in [0.3, 0.4) is 0 Å². The molecule has 2 fully saturated rings. The van der Waals surface area contributed by atoms with Gasteiger partial charge in [-0.05, 0) is 84.0 Å². The third-order valence-corrected chi connectivity index (χ3v) is 9.79. The first-order valence-corrected chi connectivity index (χ1v) is 17.5. The van der Waals surface area contributed by atoms with Crippen LogP contribution < -0.4 is 22.1 Å². The monoisotopic (exact) mass is 732 g/mol. The van der Waals surface area contributed by atoms with Gasteiger partial charge in [0.1, 0.15) is 23.9 Å². The summed E-state index contributed by atoms with van der Waals surface area (Å²) in [5, 5.41) is 26.1. The number of likely N-dealkylation sites (tertiary alicyclic amines) is 1. The molecule has 1 heterocycles. The number of phenolic OH excluding ortho intramolecular Hbond substituents is 1. The number of unbranched alkanes of at least 4 members (excludes halogenated alkanes) is 1. The quantitative estimate of drug-likeness (QED) is 0.0573. The van der Waals surface area contributed by atoms with E-state index in [1.54, 1.807) is 19.1 Å². The lowest BCUT2D eigenvalue weighted by Gasteiger charge is -2.39. The Hall–Kier alpha value is -2.99. The molecule has 46 heavy (non-hydrogen) atoms. The summed E-state index contributed by atoms with van der Waals surface area (Å²) in [6.07, 6.45) is 0.370. The van der Waals surface area contributed by atoms with Gasteiger partial charge in [0.05, 0.1) is 10.6 Å². The molecule has 7 atom stereocenters. The van der Waals surface area contributed by atoms with Crippen LogP contribution in [0.2, 0.25) is 0 Å². The number of carbonyl (C=O) groups is 3. The first kappa shape index (κ1) is 37.5. The summed E-state index contributed by atoms with van der Waals surface area (Å²) >= 11 is 3.21. The number of carbonyl (C=O) groups excluding carboxylic acids is 3. The van der Waals surface area contributed by atoms with Crippen LogP contribution in [0.25, 0.3) is 0 Å². The third kappa shape index (κ3) is 10.5. The van der Waals surface area contributed by atoms with E-state index in [1.807, 2.05) is 6.92 Å². The van der Waals surface area contributed by atoms with Gasteiger partial charge in [-0.3, -0.25) is 23.9 Å².